The van der Waals surface area contributed by atoms with Crippen molar-refractivity contribution in [2.24, 2.45) is 0 Å². The van der Waals surface area contributed by atoms with Gasteiger partial charge in [0.1, 0.15) is 6.61 Å². The van der Waals surface area contributed by atoms with E-state index in [4.69, 9.17) is 4.84 Å². The number of carbonyl (C=O) groups excluding carboxylic acids is 1. The molecule has 2 N–H and O–H groups in total. The molecule has 1 aliphatic rings. The summed E-state index contributed by atoms with van der Waals surface area (Å²) in [4.78, 5) is 20.6. The lowest BCUT2D eigenvalue weighted by Gasteiger charge is -2.22. The summed E-state index contributed by atoms with van der Waals surface area (Å²) in [7, 11) is 0. The minimum atomic E-state index is -0.257. The van der Waals surface area contributed by atoms with E-state index in [2.05, 4.69) is 15.8 Å². The third-order valence-corrected chi connectivity index (χ3v) is 3.44. The summed E-state index contributed by atoms with van der Waals surface area (Å²) < 4.78 is 0. The first-order valence-electron chi connectivity index (χ1n) is 5.90. The summed E-state index contributed by atoms with van der Waals surface area (Å²) in [6.45, 7) is 0.307. The largest absolute Gasteiger partial charge is 0.338 e. The first-order chi connectivity index (χ1) is 8.34. The van der Waals surface area contributed by atoms with E-state index in [1.165, 1.54) is 30.6 Å². The number of hydrogen-bond donors (Lipinski definition) is 2. The maximum absolute atomic E-state index is 11.5. The molecule has 0 atom stereocenters. The second-order valence-corrected chi connectivity index (χ2v) is 4.90. The number of carbonyl (C=O) groups is 1. The molecule has 6 heteroatoms. The van der Waals surface area contributed by atoms with Crippen LogP contribution in [0.1, 0.15) is 37.8 Å². The van der Waals surface area contributed by atoms with Crippen molar-refractivity contribution in [1.82, 2.24) is 15.8 Å². The van der Waals surface area contributed by atoms with E-state index in [0.717, 1.165) is 18.5 Å². The van der Waals surface area contributed by atoms with Gasteiger partial charge in [-0.3, -0.25) is 4.84 Å². The molecule has 0 saturated heterocycles. The molecule has 17 heavy (non-hydrogen) atoms. The molecule has 5 nitrogen and oxygen atoms in total. The first kappa shape index (κ1) is 12.3. The highest BCUT2D eigenvalue weighted by Gasteiger charge is 2.15. The summed E-state index contributed by atoms with van der Waals surface area (Å²) in [6, 6.07) is 0.0405. The Hall–Kier alpha value is -1.14. The van der Waals surface area contributed by atoms with Crippen molar-refractivity contribution in [2.45, 2.75) is 44.8 Å². The molecule has 1 heterocycles. The molecule has 0 spiro atoms. The van der Waals surface area contributed by atoms with Crippen molar-refractivity contribution >= 4 is 17.4 Å². The van der Waals surface area contributed by atoms with Gasteiger partial charge in [0.2, 0.25) is 0 Å². The lowest BCUT2D eigenvalue weighted by atomic mass is 9.96. The van der Waals surface area contributed by atoms with Crippen LogP contribution in [0.5, 0.6) is 0 Å². The molecule has 94 valence electrons. The van der Waals surface area contributed by atoms with Crippen LogP contribution in [0.25, 0.3) is 0 Å². The molecular weight excluding hydrogens is 238 g/mol. The van der Waals surface area contributed by atoms with E-state index in [9.17, 15) is 4.79 Å². The minimum absolute atomic E-state index is 0.257. The van der Waals surface area contributed by atoms with Gasteiger partial charge in [-0.1, -0.05) is 19.3 Å². The van der Waals surface area contributed by atoms with Gasteiger partial charge in [0.15, 0.2) is 0 Å². The topological polar surface area (TPSA) is 63.2 Å². The molecule has 1 aliphatic carbocycles. The number of hydrogen-bond acceptors (Lipinski definition) is 4. The molecule has 0 radical (unpaired) electrons. The fourth-order valence-corrected chi connectivity index (χ4v) is 2.49. The molecule has 0 bridgehead atoms. The van der Waals surface area contributed by atoms with Crippen LogP contribution in [0, 0.1) is 0 Å². The van der Waals surface area contributed by atoms with Crippen LogP contribution in [0.2, 0.25) is 0 Å². The van der Waals surface area contributed by atoms with Crippen LogP contribution in [0.15, 0.2) is 10.9 Å². The maximum Gasteiger partial charge on any atom is 0.338 e. The van der Waals surface area contributed by atoms with Crippen LogP contribution in [0.3, 0.4) is 0 Å². The normalized spacial score (nSPS) is 16.7. The molecule has 2 amide bonds. The number of thiazole rings is 1. The average Bonchev–Trinajstić information content (AvgIpc) is 2.83. The lowest BCUT2D eigenvalue weighted by Crippen LogP contribution is -2.42. The number of nitrogens with zero attached hydrogens (tertiary/aromatic N) is 1. The van der Waals surface area contributed by atoms with Gasteiger partial charge in [0.05, 0.1) is 11.2 Å². The smallest absolute Gasteiger partial charge is 0.334 e. The number of amides is 2. The Morgan fingerprint density at radius 3 is 3.00 bits per heavy atom. The second-order valence-electron chi connectivity index (χ2n) is 4.18. The lowest BCUT2D eigenvalue weighted by molar-refractivity contribution is 0.0461. The zero-order valence-corrected chi connectivity index (χ0v) is 10.5. The van der Waals surface area contributed by atoms with Crippen LogP contribution in [-0.4, -0.2) is 17.1 Å². The van der Waals surface area contributed by atoms with Gasteiger partial charge < -0.3 is 5.32 Å². The monoisotopic (exact) mass is 255 g/mol. The van der Waals surface area contributed by atoms with E-state index < -0.39 is 0 Å². The Kier molecular flexibility index (Phi) is 4.75. The summed E-state index contributed by atoms with van der Waals surface area (Å²) >= 11 is 1.51. The molecule has 2 rings (SSSR count). The van der Waals surface area contributed by atoms with E-state index in [1.54, 1.807) is 5.51 Å². The van der Waals surface area contributed by atoms with Gasteiger partial charge in [0.25, 0.3) is 0 Å². The molecule has 0 aromatic carbocycles. The number of urea groups is 1. The molecule has 0 unspecified atom stereocenters. The van der Waals surface area contributed by atoms with Crippen molar-refractivity contribution in [2.75, 3.05) is 0 Å². The third-order valence-electron chi connectivity index (χ3n) is 2.81. The van der Waals surface area contributed by atoms with E-state index in [0.29, 0.717) is 12.6 Å². The Labute approximate surface area is 105 Å². The van der Waals surface area contributed by atoms with Gasteiger partial charge in [-0.15, -0.1) is 11.3 Å². The van der Waals surface area contributed by atoms with Gasteiger partial charge in [-0.05, 0) is 12.8 Å². The summed E-state index contributed by atoms with van der Waals surface area (Å²) in [5, 5.41) is 4.80. The summed E-state index contributed by atoms with van der Waals surface area (Å²) in [6.07, 6.45) is 5.81. The number of hydroxylamine groups is 1. The second kappa shape index (κ2) is 6.56. The fraction of sp³-hybridized carbons (Fsp3) is 0.636. The fourth-order valence-electron chi connectivity index (χ4n) is 1.95. The maximum atomic E-state index is 11.5. The predicted octanol–water partition coefficient (Wildman–Crippen LogP) is 2.21. The Bertz CT molecular complexity index is 336. The molecule has 1 fully saturated rings. The summed E-state index contributed by atoms with van der Waals surface area (Å²) in [5.74, 6) is 0. The summed E-state index contributed by atoms with van der Waals surface area (Å²) in [5.41, 5.74) is 4.95. The van der Waals surface area contributed by atoms with Crippen molar-refractivity contribution < 1.29 is 9.63 Å². The SMILES string of the molecule is O=C(NOCc1cscn1)NC1CCCCC1. The van der Waals surface area contributed by atoms with Crippen LogP contribution < -0.4 is 10.8 Å². The quantitative estimate of drug-likeness (QED) is 0.811. The van der Waals surface area contributed by atoms with Gasteiger partial charge in [-0.2, -0.15) is 0 Å². The Morgan fingerprint density at radius 2 is 2.29 bits per heavy atom. The van der Waals surface area contributed by atoms with Crippen molar-refractivity contribution in [3.63, 3.8) is 0 Å². The van der Waals surface area contributed by atoms with E-state index in [-0.39, 0.29) is 6.03 Å². The standard InChI is InChI=1S/C11H17N3O2S/c15-11(13-9-4-2-1-3-5-9)14-16-6-10-7-17-8-12-10/h7-9H,1-6H2,(H2,13,14,15). The molecular formula is C11H17N3O2S. The Balaban J connectivity index is 1.60. The van der Waals surface area contributed by atoms with Gasteiger partial charge in [0, 0.05) is 11.4 Å². The predicted molar refractivity (Wildman–Crippen MR) is 65.4 cm³/mol. The minimum Gasteiger partial charge on any atom is -0.334 e. The van der Waals surface area contributed by atoms with Gasteiger partial charge in [-0.25, -0.2) is 15.3 Å². The molecule has 1 saturated carbocycles. The van der Waals surface area contributed by atoms with Crippen molar-refractivity contribution in [3.05, 3.63) is 16.6 Å². The third kappa shape index (κ3) is 4.32. The van der Waals surface area contributed by atoms with Crippen molar-refractivity contribution in [1.29, 1.82) is 0 Å². The zero-order chi connectivity index (χ0) is 11.9. The van der Waals surface area contributed by atoms with Crippen LogP contribution in [-0.2, 0) is 11.4 Å². The zero-order valence-electron chi connectivity index (χ0n) is 9.65. The first-order valence-corrected chi connectivity index (χ1v) is 6.84. The highest BCUT2D eigenvalue weighted by molar-refractivity contribution is 7.07. The molecule has 1 aromatic heterocycles. The highest BCUT2D eigenvalue weighted by atomic mass is 32.1. The van der Waals surface area contributed by atoms with E-state index >= 15 is 0 Å². The Morgan fingerprint density at radius 1 is 1.47 bits per heavy atom. The number of nitrogens with one attached hydrogen (secondary N) is 2. The number of aromatic nitrogens is 1. The van der Waals surface area contributed by atoms with Crippen LogP contribution >= 0.6 is 11.3 Å². The highest BCUT2D eigenvalue weighted by Crippen LogP contribution is 2.17. The van der Waals surface area contributed by atoms with Crippen molar-refractivity contribution in [3.8, 4) is 0 Å². The molecule has 1 aromatic rings. The van der Waals surface area contributed by atoms with Crippen LogP contribution in [0.4, 0.5) is 4.79 Å². The number of rotatable bonds is 4. The van der Waals surface area contributed by atoms with Gasteiger partial charge >= 0.3 is 6.03 Å². The molecule has 0 aliphatic heterocycles. The average molecular weight is 255 g/mol. The van der Waals surface area contributed by atoms with E-state index in [1.807, 2.05) is 5.38 Å².